The van der Waals surface area contributed by atoms with Crippen molar-refractivity contribution in [3.8, 4) is 5.75 Å². The van der Waals surface area contributed by atoms with Gasteiger partial charge in [-0.1, -0.05) is 6.07 Å². The summed E-state index contributed by atoms with van der Waals surface area (Å²) in [5.74, 6) is 1.28. The fourth-order valence-electron chi connectivity index (χ4n) is 2.86. The molecule has 1 saturated heterocycles. The zero-order valence-electron chi connectivity index (χ0n) is 12.1. The van der Waals surface area contributed by atoms with Crippen LogP contribution in [0.3, 0.4) is 0 Å². The molecule has 4 heteroatoms. The lowest BCUT2D eigenvalue weighted by Crippen LogP contribution is -2.50. The van der Waals surface area contributed by atoms with Crippen molar-refractivity contribution in [1.82, 2.24) is 10.3 Å². The highest BCUT2D eigenvalue weighted by Crippen LogP contribution is 2.31. The average molecular weight is 271 g/mol. The number of nitrogens with zero attached hydrogens (tertiary/aromatic N) is 2. The molecule has 1 aromatic heterocycles. The Morgan fingerprint density at radius 3 is 2.70 bits per heavy atom. The summed E-state index contributed by atoms with van der Waals surface area (Å²) >= 11 is 0. The predicted octanol–water partition coefficient (Wildman–Crippen LogP) is 2.52. The Hall–Kier alpha value is -1.81. The molecule has 0 saturated carbocycles. The number of phenolic OH excluding ortho intramolecular Hbond substituents is 1. The Morgan fingerprint density at radius 2 is 2.00 bits per heavy atom. The molecule has 0 amide bonds. The molecule has 106 valence electrons. The van der Waals surface area contributed by atoms with Gasteiger partial charge in [-0.2, -0.15) is 0 Å². The number of piperidine rings is 1. The van der Waals surface area contributed by atoms with Crippen LogP contribution in [0.5, 0.6) is 5.75 Å². The number of phenols is 1. The third-order valence-electron chi connectivity index (χ3n) is 4.50. The lowest BCUT2D eigenvalue weighted by atomic mass is 9.90. The van der Waals surface area contributed by atoms with Gasteiger partial charge in [-0.15, -0.1) is 0 Å². The smallest absolute Gasteiger partial charge is 0.136 e. The first-order valence-electron chi connectivity index (χ1n) is 7.13. The zero-order chi connectivity index (χ0) is 14.2. The van der Waals surface area contributed by atoms with Gasteiger partial charge in [-0.3, -0.25) is 0 Å². The number of benzene rings is 1. The fourth-order valence-corrected chi connectivity index (χ4v) is 2.86. The van der Waals surface area contributed by atoms with Crippen LogP contribution in [-0.2, 0) is 0 Å². The second-order valence-corrected chi connectivity index (χ2v) is 5.84. The molecule has 0 radical (unpaired) electrons. The van der Waals surface area contributed by atoms with E-state index in [0.717, 1.165) is 42.5 Å². The van der Waals surface area contributed by atoms with Crippen molar-refractivity contribution in [3.63, 3.8) is 0 Å². The molecule has 0 unspecified atom stereocenters. The van der Waals surface area contributed by atoms with Crippen LogP contribution in [0.15, 0.2) is 30.5 Å². The Labute approximate surface area is 119 Å². The van der Waals surface area contributed by atoms with E-state index >= 15 is 0 Å². The van der Waals surface area contributed by atoms with Crippen LogP contribution in [0.25, 0.3) is 10.8 Å². The van der Waals surface area contributed by atoms with Gasteiger partial charge in [0.05, 0.1) is 0 Å². The Kier molecular flexibility index (Phi) is 3.26. The summed E-state index contributed by atoms with van der Waals surface area (Å²) in [6.07, 6.45) is 4.04. The fraction of sp³-hybridized carbons (Fsp3) is 0.438. The third kappa shape index (κ3) is 2.31. The zero-order valence-corrected chi connectivity index (χ0v) is 12.1. The third-order valence-corrected chi connectivity index (χ3v) is 4.50. The summed E-state index contributed by atoms with van der Waals surface area (Å²) in [6, 6.07) is 7.46. The van der Waals surface area contributed by atoms with E-state index in [0.29, 0.717) is 5.75 Å². The quantitative estimate of drug-likeness (QED) is 0.881. The monoisotopic (exact) mass is 271 g/mol. The number of pyridine rings is 1. The standard InChI is InChI=1S/C16H21N3O/c1-16(17-2)6-9-19(10-7-16)15-14-11-13(20)4-3-12(14)5-8-18-15/h3-5,8,11,17,20H,6-7,9-10H2,1-2H3. The number of rotatable bonds is 2. The normalized spacial score (nSPS) is 18.4. The first-order valence-corrected chi connectivity index (χ1v) is 7.13. The molecule has 1 fully saturated rings. The van der Waals surface area contributed by atoms with E-state index in [9.17, 15) is 5.11 Å². The van der Waals surface area contributed by atoms with Gasteiger partial charge in [0.1, 0.15) is 11.6 Å². The molecule has 0 atom stereocenters. The predicted molar refractivity (Wildman–Crippen MR) is 82.3 cm³/mol. The summed E-state index contributed by atoms with van der Waals surface area (Å²) in [4.78, 5) is 6.86. The first kappa shape index (κ1) is 13.2. The average Bonchev–Trinajstić information content (AvgIpc) is 2.48. The van der Waals surface area contributed by atoms with Crippen LogP contribution in [-0.4, -0.2) is 35.8 Å². The molecule has 0 bridgehead atoms. The molecular weight excluding hydrogens is 250 g/mol. The van der Waals surface area contributed by atoms with Crippen molar-refractivity contribution in [2.24, 2.45) is 0 Å². The van der Waals surface area contributed by atoms with Crippen LogP contribution in [0, 0.1) is 0 Å². The van der Waals surface area contributed by atoms with E-state index in [-0.39, 0.29) is 5.54 Å². The Morgan fingerprint density at radius 1 is 1.25 bits per heavy atom. The maximum absolute atomic E-state index is 9.72. The van der Waals surface area contributed by atoms with Crippen molar-refractivity contribution < 1.29 is 5.11 Å². The Balaban J connectivity index is 1.93. The summed E-state index contributed by atoms with van der Waals surface area (Å²) < 4.78 is 0. The van der Waals surface area contributed by atoms with E-state index in [1.165, 1.54) is 0 Å². The van der Waals surface area contributed by atoms with E-state index in [4.69, 9.17) is 0 Å². The Bertz CT molecular complexity index is 618. The van der Waals surface area contributed by atoms with Crippen LogP contribution in [0.4, 0.5) is 5.82 Å². The largest absolute Gasteiger partial charge is 0.508 e. The highest BCUT2D eigenvalue weighted by molar-refractivity contribution is 5.93. The van der Waals surface area contributed by atoms with Gasteiger partial charge in [0.15, 0.2) is 0 Å². The van der Waals surface area contributed by atoms with E-state index in [1.54, 1.807) is 6.07 Å². The molecule has 2 heterocycles. The van der Waals surface area contributed by atoms with Crippen molar-refractivity contribution >= 4 is 16.6 Å². The highest BCUT2D eigenvalue weighted by atomic mass is 16.3. The van der Waals surface area contributed by atoms with Crippen LogP contribution in [0.1, 0.15) is 19.8 Å². The van der Waals surface area contributed by atoms with Gasteiger partial charge in [-0.05, 0) is 50.4 Å². The molecule has 20 heavy (non-hydrogen) atoms. The van der Waals surface area contributed by atoms with E-state index in [2.05, 4.69) is 22.1 Å². The van der Waals surface area contributed by atoms with Crippen LogP contribution in [0.2, 0.25) is 0 Å². The summed E-state index contributed by atoms with van der Waals surface area (Å²) in [5, 5.41) is 15.3. The topological polar surface area (TPSA) is 48.4 Å². The number of hydrogen-bond donors (Lipinski definition) is 2. The van der Waals surface area contributed by atoms with Crippen molar-refractivity contribution in [2.75, 3.05) is 25.0 Å². The minimum absolute atomic E-state index is 0.225. The number of fused-ring (bicyclic) bond motifs is 1. The minimum Gasteiger partial charge on any atom is -0.508 e. The van der Waals surface area contributed by atoms with Gasteiger partial charge in [0.25, 0.3) is 0 Å². The molecule has 1 aliphatic heterocycles. The second-order valence-electron chi connectivity index (χ2n) is 5.84. The van der Waals surface area contributed by atoms with Crippen LogP contribution >= 0.6 is 0 Å². The molecular formula is C16H21N3O. The van der Waals surface area contributed by atoms with Gasteiger partial charge >= 0.3 is 0 Å². The first-order chi connectivity index (χ1) is 9.61. The van der Waals surface area contributed by atoms with Crippen molar-refractivity contribution in [1.29, 1.82) is 0 Å². The number of anilines is 1. The van der Waals surface area contributed by atoms with E-state index in [1.807, 2.05) is 31.4 Å². The molecule has 1 aliphatic rings. The van der Waals surface area contributed by atoms with Crippen molar-refractivity contribution in [3.05, 3.63) is 30.5 Å². The van der Waals surface area contributed by atoms with Crippen molar-refractivity contribution in [2.45, 2.75) is 25.3 Å². The lowest BCUT2D eigenvalue weighted by molar-refractivity contribution is 0.304. The van der Waals surface area contributed by atoms with Gasteiger partial charge in [0.2, 0.25) is 0 Å². The lowest BCUT2D eigenvalue weighted by Gasteiger charge is -2.40. The second kappa shape index (κ2) is 4.94. The minimum atomic E-state index is 0.225. The summed E-state index contributed by atoms with van der Waals surface area (Å²) in [7, 11) is 2.03. The number of hydrogen-bond acceptors (Lipinski definition) is 4. The molecule has 0 spiro atoms. The molecule has 3 rings (SSSR count). The van der Waals surface area contributed by atoms with Gasteiger partial charge in [-0.25, -0.2) is 4.98 Å². The molecule has 2 aromatic rings. The SMILES string of the molecule is CNC1(C)CCN(c2nccc3ccc(O)cc23)CC1. The molecule has 2 N–H and O–H groups in total. The molecule has 1 aromatic carbocycles. The number of aromatic hydroxyl groups is 1. The molecule has 4 nitrogen and oxygen atoms in total. The maximum Gasteiger partial charge on any atom is 0.136 e. The summed E-state index contributed by atoms with van der Waals surface area (Å²) in [5.41, 5.74) is 0.225. The molecule has 0 aliphatic carbocycles. The maximum atomic E-state index is 9.72. The number of aromatic nitrogens is 1. The van der Waals surface area contributed by atoms with Gasteiger partial charge in [0, 0.05) is 30.2 Å². The summed E-state index contributed by atoms with van der Waals surface area (Å²) in [6.45, 7) is 4.24. The van der Waals surface area contributed by atoms with Crippen LogP contribution < -0.4 is 10.2 Å². The van der Waals surface area contributed by atoms with Gasteiger partial charge < -0.3 is 15.3 Å². The van der Waals surface area contributed by atoms with E-state index < -0.39 is 0 Å². The number of nitrogens with one attached hydrogen (secondary N) is 1. The highest BCUT2D eigenvalue weighted by Gasteiger charge is 2.29.